The van der Waals surface area contributed by atoms with Crippen LogP contribution in [-0.4, -0.2) is 33.0 Å². The summed E-state index contributed by atoms with van der Waals surface area (Å²) in [5, 5.41) is 9.34. The third kappa shape index (κ3) is 5.49. The predicted molar refractivity (Wildman–Crippen MR) is 146 cm³/mol. The maximum atomic E-state index is 13.5. The molecule has 2 aliphatic rings. The molecule has 188 valence electrons. The van der Waals surface area contributed by atoms with Gasteiger partial charge in [0.05, 0.1) is 11.8 Å². The van der Waals surface area contributed by atoms with Crippen LogP contribution in [-0.2, 0) is 9.59 Å². The maximum Gasteiger partial charge on any atom is 0.262 e. The van der Waals surface area contributed by atoms with E-state index in [0.29, 0.717) is 11.6 Å². The number of hydrazone groups is 1. The average molecular weight is 515 g/mol. The van der Waals surface area contributed by atoms with E-state index in [4.69, 9.17) is 5.10 Å². The number of hydrogen-bond donors (Lipinski definition) is 1. The monoisotopic (exact) mass is 514 g/mol. The zero-order valence-electron chi connectivity index (χ0n) is 20.9. The van der Waals surface area contributed by atoms with Crippen LogP contribution >= 0.6 is 11.8 Å². The molecule has 1 N–H and O–H groups in total. The number of rotatable bonds is 5. The van der Waals surface area contributed by atoms with Crippen molar-refractivity contribution in [2.75, 3.05) is 5.32 Å². The first kappa shape index (κ1) is 24.9. The van der Waals surface area contributed by atoms with Gasteiger partial charge in [0.1, 0.15) is 11.1 Å². The minimum Gasteiger partial charge on any atom is -0.326 e. The molecule has 0 saturated heterocycles. The highest BCUT2D eigenvalue weighted by Gasteiger charge is 2.39. The van der Waals surface area contributed by atoms with Gasteiger partial charge in [-0.05, 0) is 55.7 Å². The van der Waals surface area contributed by atoms with Gasteiger partial charge in [-0.2, -0.15) is 10.1 Å². The van der Waals surface area contributed by atoms with Crippen LogP contribution in [0.15, 0.2) is 76.8 Å². The van der Waals surface area contributed by atoms with Crippen LogP contribution in [0.3, 0.4) is 0 Å². The molecular weight excluding hydrogens is 487 g/mol. The Morgan fingerprint density at radius 2 is 1.73 bits per heavy atom. The third-order valence-electron chi connectivity index (χ3n) is 6.50. The Labute approximate surface area is 219 Å². The van der Waals surface area contributed by atoms with Crippen molar-refractivity contribution in [1.29, 1.82) is 0 Å². The number of nitrogens with zero attached hydrogens (tertiary/aromatic N) is 3. The Morgan fingerprint density at radius 3 is 2.43 bits per heavy atom. The fraction of sp³-hybridized carbons (Fsp3) is 0.241. The van der Waals surface area contributed by atoms with Gasteiger partial charge in [0.15, 0.2) is 5.17 Å². The first-order valence-corrected chi connectivity index (χ1v) is 13.0. The standard InChI is InChI=1S/C29H27FN4O2S/c1-17-4-7-21(8-5-17)25-15-24(20-9-11-22(30)12-10-20)33-34(25)29-32-28(36)26(37-29)16-27(35)31-23-13-6-18(2)14-19(23)3/h4-14,25-26H,15-16H2,1-3H3,(H,31,35)/t25-,26+/m0/s1. The number of aryl methyl sites for hydroxylation is 3. The minimum atomic E-state index is -0.621. The molecule has 0 spiro atoms. The summed E-state index contributed by atoms with van der Waals surface area (Å²) in [6.07, 6.45) is 0.599. The fourth-order valence-electron chi connectivity index (χ4n) is 4.48. The second-order valence-electron chi connectivity index (χ2n) is 9.44. The van der Waals surface area contributed by atoms with E-state index in [2.05, 4.69) is 10.3 Å². The number of benzene rings is 3. The summed E-state index contributed by atoms with van der Waals surface area (Å²) in [5.41, 5.74) is 6.61. The first-order valence-electron chi connectivity index (χ1n) is 12.1. The largest absolute Gasteiger partial charge is 0.326 e. The van der Waals surface area contributed by atoms with Crippen LogP contribution in [0.4, 0.5) is 10.1 Å². The normalized spacial score (nSPS) is 19.1. The van der Waals surface area contributed by atoms with Crippen molar-refractivity contribution in [3.8, 4) is 0 Å². The summed E-state index contributed by atoms with van der Waals surface area (Å²) in [4.78, 5) is 29.9. The first-order chi connectivity index (χ1) is 17.8. The highest BCUT2D eigenvalue weighted by atomic mass is 32.2. The summed E-state index contributed by atoms with van der Waals surface area (Å²) in [6.45, 7) is 5.96. The topological polar surface area (TPSA) is 74.1 Å². The van der Waals surface area contributed by atoms with E-state index in [0.717, 1.165) is 39.2 Å². The van der Waals surface area contributed by atoms with E-state index in [-0.39, 0.29) is 30.1 Å². The molecule has 0 unspecified atom stereocenters. The van der Waals surface area contributed by atoms with Gasteiger partial charge in [-0.25, -0.2) is 9.40 Å². The van der Waals surface area contributed by atoms with E-state index >= 15 is 0 Å². The van der Waals surface area contributed by atoms with Crippen LogP contribution in [0.2, 0.25) is 0 Å². The zero-order valence-corrected chi connectivity index (χ0v) is 21.7. The molecule has 5 rings (SSSR count). The molecule has 2 aliphatic heterocycles. The van der Waals surface area contributed by atoms with Crippen molar-refractivity contribution in [3.63, 3.8) is 0 Å². The van der Waals surface area contributed by atoms with Gasteiger partial charge in [0, 0.05) is 18.5 Å². The van der Waals surface area contributed by atoms with Crippen LogP contribution in [0, 0.1) is 26.6 Å². The summed E-state index contributed by atoms with van der Waals surface area (Å²) in [6, 6.07) is 20.1. The Balaban J connectivity index is 1.35. The van der Waals surface area contributed by atoms with Crippen molar-refractivity contribution >= 4 is 40.1 Å². The lowest BCUT2D eigenvalue weighted by molar-refractivity contribution is -0.121. The quantitative estimate of drug-likeness (QED) is 0.458. The Bertz CT molecular complexity index is 1420. The molecule has 3 aromatic carbocycles. The van der Waals surface area contributed by atoms with Crippen LogP contribution in [0.25, 0.3) is 0 Å². The van der Waals surface area contributed by atoms with Crippen LogP contribution < -0.4 is 5.32 Å². The van der Waals surface area contributed by atoms with Gasteiger partial charge in [0.2, 0.25) is 5.91 Å². The Kier molecular flexibility index (Phi) is 6.93. The van der Waals surface area contributed by atoms with Gasteiger partial charge in [-0.1, -0.05) is 71.4 Å². The van der Waals surface area contributed by atoms with Crippen LogP contribution in [0.1, 0.15) is 46.7 Å². The molecule has 0 saturated carbocycles. The van der Waals surface area contributed by atoms with Gasteiger partial charge in [-0.15, -0.1) is 0 Å². The van der Waals surface area contributed by atoms with E-state index < -0.39 is 5.25 Å². The van der Waals surface area contributed by atoms with Gasteiger partial charge in [-0.3, -0.25) is 9.59 Å². The lowest BCUT2D eigenvalue weighted by Crippen LogP contribution is -2.25. The predicted octanol–water partition coefficient (Wildman–Crippen LogP) is 5.93. The summed E-state index contributed by atoms with van der Waals surface area (Å²) in [7, 11) is 0. The van der Waals surface area contributed by atoms with Gasteiger partial charge >= 0.3 is 0 Å². The molecule has 0 radical (unpaired) electrons. The molecule has 0 aliphatic carbocycles. The highest BCUT2D eigenvalue weighted by molar-refractivity contribution is 8.15. The second-order valence-corrected chi connectivity index (χ2v) is 10.6. The molecule has 6 nitrogen and oxygen atoms in total. The molecule has 2 heterocycles. The number of aliphatic imine (C=N–C) groups is 1. The molecule has 3 aromatic rings. The molecule has 2 atom stereocenters. The number of hydrogen-bond acceptors (Lipinski definition) is 5. The molecular formula is C29H27FN4O2S. The van der Waals surface area contributed by atoms with E-state index in [9.17, 15) is 14.0 Å². The lowest BCUT2D eigenvalue weighted by Gasteiger charge is -2.23. The fourth-order valence-corrected chi connectivity index (χ4v) is 5.54. The van der Waals surface area contributed by atoms with E-state index in [1.165, 1.54) is 23.9 Å². The summed E-state index contributed by atoms with van der Waals surface area (Å²) < 4.78 is 13.5. The van der Waals surface area contributed by atoms with Crippen LogP contribution in [0.5, 0.6) is 0 Å². The Hall–Kier alpha value is -3.78. The molecule has 0 aromatic heterocycles. The lowest BCUT2D eigenvalue weighted by atomic mass is 9.98. The number of amides is 2. The average Bonchev–Trinajstić information content (AvgIpc) is 3.46. The van der Waals surface area contributed by atoms with E-state index in [1.807, 2.05) is 63.2 Å². The van der Waals surface area contributed by atoms with Gasteiger partial charge in [0.25, 0.3) is 5.91 Å². The number of carbonyl (C=O) groups excluding carboxylic acids is 2. The summed E-state index contributed by atoms with van der Waals surface area (Å²) in [5.74, 6) is -0.886. The van der Waals surface area contributed by atoms with Crippen molar-refractivity contribution in [1.82, 2.24) is 5.01 Å². The molecule has 0 bridgehead atoms. The Morgan fingerprint density at radius 1 is 1.03 bits per heavy atom. The number of nitrogens with one attached hydrogen (secondary N) is 1. The maximum absolute atomic E-state index is 13.5. The van der Waals surface area contributed by atoms with Crippen molar-refractivity contribution in [2.24, 2.45) is 10.1 Å². The zero-order chi connectivity index (χ0) is 26.1. The minimum absolute atomic E-state index is 0.0153. The van der Waals surface area contributed by atoms with Crippen molar-refractivity contribution < 1.29 is 14.0 Å². The van der Waals surface area contributed by atoms with Crippen molar-refractivity contribution in [2.45, 2.75) is 44.9 Å². The van der Waals surface area contributed by atoms with E-state index in [1.54, 1.807) is 17.1 Å². The third-order valence-corrected chi connectivity index (χ3v) is 7.64. The number of halogens is 1. The summed E-state index contributed by atoms with van der Waals surface area (Å²) >= 11 is 1.26. The highest BCUT2D eigenvalue weighted by Crippen LogP contribution is 2.38. The molecule has 2 amide bonds. The number of amidine groups is 1. The molecule has 37 heavy (non-hydrogen) atoms. The van der Waals surface area contributed by atoms with Gasteiger partial charge < -0.3 is 5.32 Å². The smallest absolute Gasteiger partial charge is 0.262 e. The SMILES string of the molecule is Cc1ccc([C@@H]2CC(c3ccc(F)cc3)=NN2C2=NC(=O)[C@@H](CC(=O)Nc3ccc(C)cc3C)S2)cc1. The number of carbonyl (C=O) groups is 2. The number of anilines is 1. The van der Waals surface area contributed by atoms with Crippen molar-refractivity contribution in [3.05, 3.63) is 100 Å². The molecule has 0 fully saturated rings. The second kappa shape index (κ2) is 10.3. The molecule has 8 heteroatoms. The number of thioether (sulfide) groups is 1.